The van der Waals surface area contributed by atoms with Crippen LogP contribution in [0.4, 0.5) is 10.7 Å². The fourth-order valence-electron chi connectivity index (χ4n) is 2.95. The molecule has 3 nitrogen and oxygen atoms in total. The Morgan fingerprint density at radius 3 is 2.73 bits per heavy atom. The number of carbonyl (C=O) groups excluding carboxylic acids is 1. The van der Waals surface area contributed by atoms with E-state index in [0.717, 1.165) is 24.8 Å². The molecule has 1 aliphatic rings. The van der Waals surface area contributed by atoms with Gasteiger partial charge in [-0.2, -0.15) is 0 Å². The Labute approximate surface area is 139 Å². The van der Waals surface area contributed by atoms with Crippen molar-refractivity contribution in [1.82, 2.24) is 0 Å². The summed E-state index contributed by atoms with van der Waals surface area (Å²) in [5.74, 6) is -0.127. The molecular weight excluding hydrogens is 316 g/mol. The molecule has 1 amide bonds. The molecule has 116 valence electrons. The van der Waals surface area contributed by atoms with Gasteiger partial charge in [0.05, 0.1) is 10.6 Å². The van der Waals surface area contributed by atoms with Crippen LogP contribution in [-0.2, 0) is 12.8 Å². The maximum absolute atomic E-state index is 12.6. The molecule has 3 N–H and O–H groups in total. The molecule has 0 fully saturated rings. The molecule has 1 aliphatic carbocycles. The third kappa shape index (κ3) is 3.28. The van der Waals surface area contributed by atoms with Crippen LogP contribution in [0.3, 0.4) is 0 Å². The lowest BCUT2D eigenvalue weighted by atomic mass is 9.96. The minimum Gasteiger partial charge on any atom is -0.390 e. The van der Waals surface area contributed by atoms with Crippen LogP contribution >= 0.6 is 22.9 Å². The van der Waals surface area contributed by atoms with Crippen molar-refractivity contribution >= 4 is 39.5 Å². The highest BCUT2D eigenvalue weighted by molar-refractivity contribution is 7.16. The number of nitrogens with one attached hydrogen (secondary N) is 1. The van der Waals surface area contributed by atoms with E-state index in [2.05, 4.69) is 5.32 Å². The fourth-order valence-corrected chi connectivity index (χ4v) is 4.30. The summed E-state index contributed by atoms with van der Waals surface area (Å²) in [7, 11) is 0. The minimum absolute atomic E-state index is 0.127. The minimum atomic E-state index is -0.127. The van der Waals surface area contributed by atoms with Gasteiger partial charge >= 0.3 is 0 Å². The molecule has 2 aromatic rings. The highest BCUT2D eigenvalue weighted by Crippen LogP contribution is 2.35. The zero-order chi connectivity index (χ0) is 15.5. The predicted molar refractivity (Wildman–Crippen MR) is 94.0 cm³/mol. The van der Waals surface area contributed by atoms with Gasteiger partial charge in [0.15, 0.2) is 0 Å². The van der Waals surface area contributed by atoms with Crippen molar-refractivity contribution in [1.29, 1.82) is 0 Å². The normalized spacial score (nSPS) is 14.8. The molecule has 1 aromatic carbocycles. The molecule has 0 atom stereocenters. The molecule has 3 rings (SSSR count). The Morgan fingerprint density at radius 2 is 1.95 bits per heavy atom. The van der Waals surface area contributed by atoms with E-state index >= 15 is 0 Å². The van der Waals surface area contributed by atoms with E-state index in [1.165, 1.54) is 24.1 Å². The highest BCUT2D eigenvalue weighted by atomic mass is 35.5. The van der Waals surface area contributed by atoms with Crippen LogP contribution in [0.1, 0.15) is 46.5 Å². The van der Waals surface area contributed by atoms with Gasteiger partial charge in [0.25, 0.3) is 5.91 Å². The molecule has 0 radical (unpaired) electrons. The summed E-state index contributed by atoms with van der Waals surface area (Å²) in [5, 5.41) is 4.15. The SMILES string of the molecule is Nc1sc2c(c1C(=O)Nc1cccc(Cl)c1)CCCCCC2. The fraction of sp³-hybridized carbons (Fsp3) is 0.353. The van der Waals surface area contributed by atoms with Crippen LogP contribution < -0.4 is 11.1 Å². The first kappa shape index (κ1) is 15.4. The maximum Gasteiger partial charge on any atom is 0.258 e. The molecule has 0 aliphatic heterocycles. The third-order valence-electron chi connectivity index (χ3n) is 4.01. The molecule has 0 unspecified atom stereocenters. The van der Waals surface area contributed by atoms with Crippen molar-refractivity contribution in [3.8, 4) is 0 Å². The monoisotopic (exact) mass is 334 g/mol. The number of hydrogen-bond acceptors (Lipinski definition) is 3. The number of amides is 1. The first-order chi connectivity index (χ1) is 10.6. The van der Waals surface area contributed by atoms with Crippen molar-refractivity contribution < 1.29 is 4.79 Å². The number of thiophene rings is 1. The van der Waals surface area contributed by atoms with Gasteiger partial charge in [-0.25, -0.2) is 0 Å². The summed E-state index contributed by atoms with van der Waals surface area (Å²) < 4.78 is 0. The lowest BCUT2D eigenvalue weighted by molar-refractivity contribution is 0.102. The summed E-state index contributed by atoms with van der Waals surface area (Å²) in [6, 6.07) is 7.17. The van der Waals surface area contributed by atoms with E-state index in [1.807, 2.05) is 12.1 Å². The number of hydrogen-bond donors (Lipinski definition) is 2. The second-order valence-corrected chi connectivity index (χ2v) is 7.19. The zero-order valence-electron chi connectivity index (χ0n) is 12.3. The summed E-state index contributed by atoms with van der Waals surface area (Å²) in [5.41, 5.74) is 8.66. The molecule has 1 heterocycles. The van der Waals surface area contributed by atoms with Gasteiger partial charge in [-0.15, -0.1) is 11.3 Å². The molecule has 0 saturated heterocycles. The summed E-state index contributed by atoms with van der Waals surface area (Å²) in [6.07, 6.45) is 6.78. The standard InChI is InChI=1S/C17H19ClN2OS/c18-11-6-5-7-12(10-11)20-17(21)15-13-8-3-1-2-4-9-14(13)22-16(15)19/h5-7,10H,1-4,8-9,19H2,(H,20,21). The molecular formula is C17H19ClN2OS. The zero-order valence-corrected chi connectivity index (χ0v) is 13.9. The lowest BCUT2D eigenvalue weighted by Gasteiger charge is -2.12. The largest absolute Gasteiger partial charge is 0.390 e. The van der Waals surface area contributed by atoms with Gasteiger partial charge in [0, 0.05) is 15.6 Å². The number of rotatable bonds is 2. The van der Waals surface area contributed by atoms with Crippen LogP contribution in [0.15, 0.2) is 24.3 Å². The number of aryl methyl sites for hydroxylation is 1. The number of halogens is 1. The average molecular weight is 335 g/mol. The Bertz CT molecular complexity index is 696. The molecule has 22 heavy (non-hydrogen) atoms. The second-order valence-electron chi connectivity index (χ2n) is 5.62. The number of anilines is 2. The van der Waals surface area contributed by atoms with E-state index in [1.54, 1.807) is 23.5 Å². The quantitative estimate of drug-likeness (QED) is 0.821. The Kier molecular flexibility index (Phi) is 4.69. The number of nitrogen functional groups attached to an aromatic ring is 1. The summed E-state index contributed by atoms with van der Waals surface area (Å²) in [6.45, 7) is 0. The van der Waals surface area contributed by atoms with Crippen LogP contribution in [0.25, 0.3) is 0 Å². The van der Waals surface area contributed by atoms with Gasteiger partial charge in [-0.05, 0) is 49.4 Å². The summed E-state index contributed by atoms with van der Waals surface area (Å²) >= 11 is 7.54. The van der Waals surface area contributed by atoms with Crippen LogP contribution in [-0.4, -0.2) is 5.91 Å². The second kappa shape index (κ2) is 6.71. The number of nitrogens with two attached hydrogens (primary N) is 1. The Hall–Kier alpha value is -1.52. The lowest BCUT2D eigenvalue weighted by Crippen LogP contribution is -2.15. The van der Waals surface area contributed by atoms with Crippen LogP contribution in [0.5, 0.6) is 0 Å². The molecule has 0 bridgehead atoms. The van der Waals surface area contributed by atoms with Crippen LogP contribution in [0, 0.1) is 0 Å². The van der Waals surface area contributed by atoms with Gasteiger partial charge in [-0.3, -0.25) is 4.79 Å². The van der Waals surface area contributed by atoms with Gasteiger partial charge in [-0.1, -0.05) is 30.5 Å². The van der Waals surface area contributed by atoms with E-state index in [-0.39, 0.29) is 5.91 Å². The van der Waals surface area contributed by atoms with Crippen molar-refractivity contribution in [2.45, 2.75) is 38.5 Å². The highest BCUT2D eigenvalue weighted by Gasteiger charge is 2.22. The maximum atomic E-state index is 12.6. The number of carbonyl (C=O) groups is 1. The number of benzene rings is 1. The average Bonchev–Trinajstić information content (AvgIpc) is 2.74. The summed E-state index contributed by atoms with van der Waals surface area (Å²) in [4.78, 5) is 13.9. The van der Waals surface area contributed by atoms with Crippen molar-refractivity contribution in [3.05, 3.63) is 45.3 Å². The van der Waals surface area contributed by atoms with Gasteiger partial charge < -0.3 is 11.1 Å². The Balaban J connectivity index is 1.88. The van der Waals surface area contributed by atoms with E-state index < -0.39 is 0 Å². The van der Waals surface area contributed by atoms with Gasteiger partial charge in [0.1, 0.15) is 0 Å². The molecule has 0 saturated carbocycles. The third-order valence-corrected chi connectivity index (χ3v) is 5.36. The predicted octanol–water partition coefficient (Wildman–Crippen LogP) is 4.90. The Morgan fingerprint density at radius 1 is 1.18 bits per heavy atom. The smallest absolute Gasteiger partial charge is 0.258 e. The topological polar surface area (TPSA) is 55.1 Å². The van der Waals surface area contributed by atoms with Crippen LogP contribution in [0.2, 0.25) is 5.02 Å². The number of fused-ring (bicyclic) bond motifs is 1. The first-order valence-corrected chi connectivity index (χ1v) is 8.81. The van der Waals surface area contributed by atoms with Gasteiger partial charge in [0.2, 0.25) is 0 Å². The van der Waals surface area contributed by atoms with E-state index in [0.29, 0.717) is 21.3 Å². The first-order valence-electron chi connectivity index (χ1n) is 7.62. The molecule has 5 heteroatoms. The van der Waals surface area contributed by atoms with Crippen molar-refractivity contribution in [3.63, 3.8) is 0 Å². The molecule has 1 aromatic heterocycles. The van der Waals surface area contributed by atoms with Crippen molar-refractivity contribution in [2.75, 3.05) is 11.1 Å². The van der Waals surface area contributed by atoms with E-state index in [4.69, 9.17) is 17.3 Å². The van der Waals surface area contributed by atoms with E-state index in [9.17, 15) is 4.79 Å². The molecule has 0 spiro atoms. The van der Waals surface area contributed by atoms with Crippen molar-refractivity contribution in [2.24, 2.45) is 0 Å².